The van der Waals surface area contributed by atoms with Crippen molar-refractivity contribution in [2.45, 2.75) is 5.38 Å². The van der Waals surface area contributed by atoms with Crippen LogP contribution in [0, 0.1) is 0 Å². The fraction of sp³-hybridized carbons (Fsp3) is 0.750. The van der Waals surface area contributed by atoms with Crippen molar-refractivity contribution in [2.75, 3.05) is 11.6 Å². The molecule has 0 aromatic heterocycles. The van der Waals surface area contributed by atoms with Crippen molar-refractivity contribution in [2.24, 2.45) is 5.73 Å². The summed E-state index contributed by atoms with van der Waals surface area (Å²) in [6.45, 7) is 0. The Morgan fingerprint density at radius 1 is 1.58 bits per heavy atom. The second-order valence-electron chi connectivity index (χ2n) is 2.00. The average Bonchev–Trinajstić information content (AvgIpc) is 1.83. The van der Waals surface area contributed by atoms with E-state index in [2.05, 4.69) is 5.73 Å². The lowest BCUT2D eigenvalue weighted by Gasteiger charge is -2.06. The molecule has 0 aromatic carbocycles. The van der Waals surface area contributed by atoms with Gasteiger partial charge in [0.2, 0.25) is 10.0 Å². The molecule has 8 heteroatoms. The van der Waals surface area contributed by atoms with Gasteiger partial charge >= 0.3 is 6.03 Å². The van der Waals surface area contributed by atoms with E-state index in [4.69, 9.17) is 23.2 Å². The number of alkyl halides is 2. The molecule has 0 heterocycles. The van der Waals surface area contributed by atoms with Crippen molar-refractivity contribution in [3.05, 3.63) is 0 Å². The molecule has 0 bridgehead atoms. The Morgan fingerprint density at radius 3 is 2.42 bits per heavy atom. The summed E-state index contributed by atoms with van der Waals surface area (Å²) in [6, 6.07) is -1.13. The Kier molecular flexibility index (Phi) is 4.66. The number of primary amides is 1. The summed E-state index contributed by atoms with van der Waals surface area (Å²) in [4.78, 5) is 10.1. The number of sulfonamides is 1. The fourth-order valence-corrected chi connectivity index (χ4v) is 2.20. The van der Waals surface area contributed by atoms with E-state index in [0.29, 0.717) is 0 Å². The molecular weight excluding hydrogens is 227 g/mol. The van der Waals surface area contributed by atoms with Gasteiger partial charge in [0.15, 0.2) is 0 Å². The zero-order valence-corrected chi connectivity index (χ0v) is 8.29. The number of amides is 2. The van der Waals surface area contributed by atoms with Crippen LogP contribution >= 0.6 is 23.2 Å². The maximum atomic E-state index is 10.9. The molecule has 12 heavy (non-hydrogen) atoms. The molecule has 1 atom stereocenters. The first kappa shape index (κ1) is 11.8. The number of nitrogens with two attached hydrogens (primary N) is 1. The summed E-state index contributed by atoms with van der Waals surface area (Å²) < 4.78 is 23.3. The Balaban J connectivity index is 4.15. The van der Waals surface area contributed by atoms with E-state index in [-0.39, 0.29) is 5.88 Å². The summed E-state index contributed by atoms with van der Waals surface area (Å²) in [7, 11) is -3.73. The number of nitrogens with one attached hydrogen (secondary N) is 1. The monoisotopic (exact) mass is 234 g/mol. The minimum absolute atomic E-state index is 0.0127. The molecule has 0 aliphatic heterocycles. The zero-order chi connectivity index (χ0) is 9.78. The van der Waals surface area contributed by atoms with Crippen LogP contribution in [0.25, 0.3) is 0 Å². The normalized spacial score (nSPS) is 13.8. The van der Waals surface area contributed by atoms with Crippen LogP contribution in [-0.4, -0.2) is 31.5 Å². The van der Waals surface area contributed by atoms with Crippen LogP contribution in [0.15, 0.2) is 0 Å². The van der Waals surface area contributed by atoms with Crippen LogP contribution in [0.1, 0.15) is 0 Å². The van der Waals surface area contributed by atoms with Gasteiger partial charge in [0, 0.05) is 5.88 Å². The summed E-state index contributed by atoms with van der Waals surface area (Å²) in [5, 5.41) is -0.733. The lowest BCUT2D eigenvalue weighted by Crippen LogP contribution is -2.38. The second kappa shape index (κ2) is 4.74. The van der Waals surface area contributed by atoms with E-state index in [1.165, 1.54) is 0 Å². The summed E-state index contributed by atoms with van der Waals surface area (Å²) in [5.41, 5.74) is 4.59. The standard InChI is InChI=1S/C4H8Cl2N2O3S/c5-1-3(6)2-12(10,11)8-4(7)9/h3H,1-2H2,(H3,7,8,9). The van der Waals surface area contributed by atoms with Crippen LogP contribution < -0.4 is 10.5 Å². The lowest BCUT2D eigenvalue weighted by molar-refractivity contribution is 0.253. The van der Waals surface area contributed by atoms with Gasteiger partial charge in [-0.25, -0.2) is 17.9 Å². The molecule has 0 aliphatic carbocycles. The third-order valence-electron chi connectivity index (χ3n) is 0.824. The number of halogens is 2. The molecular formula is C4H8Cl2N2O3S. The second-order valence-corrected chi connectivity index (χ2v) is 4.69. The molecule has 72 valence electrons. The van der Waals surface area contributed by atoms with Gasteiger partial charge in [-0.15, -0.1) is 23.2 Å². The highest BCUT2D eigenvalue weighted by atomic mass is 35.5. The van der Waals surface area contributed by atoms with E-state index in [1.54, 1.807) is 4.72 Å². The van der Waals surface area contributed by atoms with Crippen molar-refractivity contribution in [1.82, 2.24) is 4.72 Å². The smallest absolute Gasteiger partial charge is 0.325 e. The van der Waals surface area contributed by atoms with E-state index in [1.807, 2.05) is 0 Å². The van der Waals surface area contributed by atoms with E-state index >= 15 is 0 Å². The molecule has 0 aromatic rings. The van der Waals surface area contributed by atoms with Gasteiger partial charge in [-0.2, -0.15) is 0 Å². The van der Waals surface area contributed by atoms with Crippen molar-refractivity contribution in [1.29, 1.82) is 0 Å². The van der Waals surface area contributed by atoms with E-state index < -0.39 is 27.2 Å². The third-order valence-corrected chi connectivity index (χ3v) is 3.20. The van der Waals surface area contributed by atoms with Crippen molar-refractivity contribution < 1.29 is 13.2 Å². The van der Waals surface area contributed by atoms with Crippen LogP contribution in [-0.2, 0) is 10.0 Å². The Bertz CT molecular complexity index is 253. The molecule has 0 fully saturated rings. The van der Waals surface area contributed by atoms with Gasteiger partial charge in [-0.05, 0) is 0 Å². The quantitative estimate of drug-likeness (QED) is 0.663. The number of carbonyl (C=O) groups is 1. The Hall–Kier alpha value is -0.200. The maximum absolute atomic E-state index is 10.9. The molecule has 0 spiro atoms. The molecule has 0 radical (unpaired) electrons. The maximum Gasteiger partial charge on any atom is 0.325 e. The van der Waals surface area contributed by atoms with Gasteiger partial charge < -0.3 is 5.73 Å². The van der Waals surface area contributed by atoms with Gasteiger partial charge in [0.25, 0.3) is 0 Å². The first-order chi connectivity index (χ1) is 5.37. The SMILES string of the molecule is NC(=O)NS(=O)(=O)CC(Cl)CCl. The van der Waals surface area contributed by atoms with Crippen molar-refractivity contribution >= 4 is 39.3 Å². The Labute approximate surface area is 80.3 Å². The van der Waals surface area contributed by atoms with Crippen molar-refractivity contribution in [3.63, 3.8) is 0 Å². The minimum atomic E-state index is -3.73. The molecule has 0 saturated heterocycles. The number of carbonyl (C=O) groups excluding carboxylic acids is 1. The molecule has 1 unspecified atom stereocenters. The molecule has 0 saturated carbocycles. The average molecular weight is 235 g/mol. The van der Waals surface area contributed by atoms with E-state index in [9.17, 15) is 13.2 Å². The third kappa shape index (κ3) is 5.45. The topological polar surface area (TPSA) is 89.3 Å². The predicted octanol–water partition coefficient (Wildman–Crippen LogP) is -0.169. The summed E-state index contributed by atoms with van der Waals surface area (Å²) in [5.74, 6) is -0.442. The highest BCUT2D eigenvalue weighted by Crippen LogP contribution is 2.01. The van der Waals surface area contributed by atoms with Crippen molar-refractivity contribution in [3.8, 4) is 0 Å². The number of hydrogen-bond acceptors (Lipinski definition) is 3. The van der Waals surface area contributed by atoms with Gasteiger partial charge in [-0.3, -0.25) is 0 Å². The molecule has 0 aliphatic rings. The number of hydrogen-bond donors (Lipinski definition) is 2. The first-order valence-corrected chi connectivity index (χ1v) is 5.49. The van der Waals surface area contributed by atoms with Crippen LogP contribution in [0.5, 0.6) is 0 Å². The number of urea groups is 1. The minimum Gasteiger partial charge on any atom is -0.351 e. The molecule has 3 N–H and O–H groups in total. The summed E-state index contributed by atoms with van der Waals surface area (Å²) >= 11 is 10.7. The molecule has 0 rings (SSSR count). The summed E-state index contributed by atoms with van der Waals surface area (Å²) in [6.07, 6.45) is 0. The first-order valence-electron chi connectivity index (χ1n) is 2.87. The predicted molar refractivity (Wildman–Crippen MR) is 46.9 cm³/mol. The van der Waals surface area contributed by atoms with Crippen LogP contribution in [0.4, 0.5) is 4.79 Å². The Morgan fingerprint density at radius 2 is 2.08 bits per heavy atom. The van der Waals surface area contributed by atoms with Crippen LogP contribution in [0.2, 0.25) is 0 Å². The molecule has 2 amide bonds. The largest absolute Gasteiger partial charge is 0.351 e. The highest BCUT2D eigenvalue weighted by molar-refractivity contribution is 7.90. The zero-order valence-electron chi connectivity index (χ0n) is 5.96. The van der Waals surface area contributed by atoms with E-state index in [0.717, 1.165) is 0 Å². The van der Waals surface area contributed by atoms with Gasteiger partial charge in [-0.1, -0.05) is 0 Å². The van der Waals surface area contributed by atoms with Crippen LogP contribution in [0.3, 0.4) is 0 Å². The highest BCUT2D eigenvalue weighted by Gasteiger charge is 2.17. The van der Waals surface area contributed by atoms with Gasteiger partial charge in [0.05, 0.1) is 11.1 Å². The molecule has 5 nitrogen and oxygen atoms in total. The fourth-order valence-electron chi connectivity index (χ4n) is 0.478. The van der Waals surface area contributed by atoms with Gasteiger partial charge in [0.1, 0.15) is 0 Å². The lowest BCUT2D eigenvalue weighted by atomic mass is 10.6. The number of rotatable bonds is 4.